The van der Waals surface area contributed by atoms with Crippen molar-refractivity contribution in [2.75, 3.05) is 0 Å². The van der Waals surface area contributed by atoms with Gasteiger partial charge in [0.05, 0.1) is 5.02 Å². The van der Waals surface area contributed by atoms with Gasteiger partial charge in [-0.1, -0.05) is 25.4 Å². The summed E-state index contributed by atoms with van der Waals surface area (Å²) in [7, 11) is 0. The molecule has 0 spiro atoms. The number of nitrogens with zero attached hydrogens (tertiary/aromatic N) is 1. The molecule has 1 aromatic carbocycles. The quantitative estimate of drug-likeness (QED) is 0.712. The van der Waals surface area contributed by atoms with E-state index >= 15 is 0 Å². The predicted molar refractivity (Wildman–Crippen MR) is 57.8 cm³/mol. The number of rotatable bonds is 1. The lowest BCUT2D eigenvalue weighted by atomic mass is 10.0. The molecule has 3 heteroatoms. The van der Waals surface area contributed by atoms with E-state index in [1.54, 1.807) is 0 Å². The summed E-state index contributed by atoms with van der Waals surface area (Å²) >= 11 is 6.09. The number of fused-ring (bicyclic) bond motifs is 1. The van der Waals surface area contributed by atoms with Crippen LogP contribution in [0.25, 0.3) is 11.1 Å². The summed E-state index contributed by atoms with van der Waals surface area (Å²) in [5.74, 6) is 1.11. The Morgan fingerprint density at radius 3 is 2.71 bits per heavy atom. The lowest BCUT2D eigenvalue weighted by Crippen LogP contribution is -1.86. The number of benzene rings is 1. The molecule has 0 aliphatic carbocycles. The summed E-state index contributed by atoms with van der Waals surface area (Å²) in [5, 5.41) is 0.645. The van der Waals surface area contributed by atoms with E-state index in [2.05, 4.69) is 18.8 Å². The fourth-order valence-corrected chi connectivity index (χ4v) is 1.72. The van der Waals surface area contributed by atoms with Crippen LogP contribution in [0, 0.1) is 6.92 Å². The molecule has 0 amide bonds. The van der Waals surface area contributed by atoms with Gasteiger partial charge in [-0.15, -0.1) is 0 Å². The Hall–Kier alpha value is -1.02. The first-order valence-electron chi connectivity index (χ1n) is 4.64. The summed E-state index contributed by atoms with van der Waals surface area (Å²) in [6, 6.07) is 3.97. The summed E-state index contributed by atoms with van der Waals surface area (Å²) in [4.78, 5) is 4.27. The van der Waals surface area contributed by atoms with Gasteiger partial charge in [-0.2, -0.15) is 0 Å². The Morgan fingerprint density at radius 2 is 2.07 bits per heavy atom. The van der Waals surface area contributed by atoms with Crippen molar-refractivity contribution in [1.82, 2.24) is 4.98 Å². The molecule has 0 saturated heterocycles. The molecule has 2 aromatic rings. The van der Waals surface area contributed by atoms with E-state index in [9.17, 15) is 0 Å². The topological polar surface area (TPSA) is 26.0 Å². The van der Waals surface area contributed by atoms with Crippen LogP contribution in [0.4, 0.5) is 0 Å². The monoisotopic (exact) mass is 209 g/mol. The average Bonchev–Trinajstić information content (AvgIpc) is 2.45. The minimum Gasteiger partial charge on any atom is -0.439 e. The maximum Gasteiger partial charge on any atom is 0.192 e. The fourth-order valence-electron chi connectivity index (χ4n) is 1.46. The van der Waals surface area contributed by atoms with Crippen molar-refractivity contribution in [2.24, 2.45) is 0 Å². The lowest BCUT2D eigenvalue weighted by Gasteiger charge is -2.04. The first-order chi connectivity index (χ1) is 6.58. The number of halogens is 1. The molecule has 2 nitrogen and oxygen atoms in total. The van der Waals surface area contributed by atoms with Crippen LogP contribution in [-0.4, -0.2) is 4.98 Å². The van der Waals surface area contributed by atoms with Crippen molar-refractivity contribution in [3.05, 3.63) is 28.6 Å². The van der Waals surface area contributed by atoms with Crippen LogP contribution in [0.1, 0.15) is 31.2 Å². The van der Waals surface area contributed by atoms with Crippen molar-refractivity contribution in [2.45, 2.75) is 26.7 Å². The van der Waals surface area contributed by atoms with Crippen molar-refractivity contribution < 1.29 is 4.42 Å². The number of hydrogen-bond acceptors (Lipinski definition) is 2. The minimum atomic E-state index is 0.453. The van der Waals surface area contributed by atoms with E-state index < -0.39 is 0 Å². The molecule has 2 rings (SSSR count). The van der Waals surface area contributed by atoms with Crippen LogP contribution in [0.3, 0.4) is 0 Å². The second kappa shape index (κ2) is 3.28. The third kappa shape index (κ3) is 1.50. The van der Waals surface area contributed by atoms with Gasteiger partial charge < -0.3 is 4.42 Å². The molecular formula is C11H12ClNO. The van der Waals surface area contributed by atoms with Gasteiger partial charge in [0.1, 0.15) is 5.52 Å². The van der Waals surface area contributed by atoms with Gasteiger partial charge in [0, 0.05) is 6.92 Å². The van der Waals surface area contributed by atoms with Gasteiger partial charge in [0.15, 0.2) is 11.5 Å². The van der Waals surface area contributed by atoms with Gasteiger partial charge in [0.25, 0.3) is 0 Å². The first-order valence-corrected chi connectivity index (χ1v) is 5.02. The highest BCUT2D eigenvalue weighted by molar-refractivity contribution is 6.34. The molecule has 1 aromatic heterocycles. The number of oxazole rings is 1. The SMILES string of the molecule is Cc1nc2cc(C(C)C)cc(Cl)c2o1. The minimum absolute atomic E-state index is 0.453. The van der Waals surface area contributed by atoms with E-state index in [4.69, 9.17) is 16.0 Å². The van der Waals surface area contributed by atoms with Crippen molar-refractivity contribution in [3.63, 3.8) is 0 Å². The Bertz CT molecular complexity index is 473. The Morgan fingerprint density at radius 1 is 1.36 bits per heavy atom. The third-order valence-corrected chi connectivity index (χ3v) is 2.52. The standard InChI is InChI=1S/C11H12ClNO/c1-6(2)8-4-9(12)11-10(5-8)13-7(3)14-11/h4-6H,1-3H3. The molecule has 14 heavy (non-hydrogen) atoms. The molecule has 0 atom stereocenters. The zero-order valence-electron chi connectivity index (χ0n) is 8.47. The van der Waals surface area contributed by atoms with Crippen molar-refractivity contribution in [1.29, 1.82) is 0 Å². The first kappa shape index (κ1) is 9.53. The van der Waals surface area contributed by atoms with Gasteiger partial charge >= 0.3 is 0 Å². The summed E-state index contributed by atoms with van der Waals surface area (Å²) in [6.45, 7) is 6.08. The Labute approximate surface area is 87.9 Å². The van der Waals surface area contributed by atoms with Gasteiger partial charge in [-0.3, -0.25) is 0 Å². The lowest BCUT2D eigenvalue weighted by molar-refractivity contribution is 0.561. The van der Waals surface area contributed by atoms with Crippen LogP contribution in [0.2, 0.25) is 5.02 Å². The number of aromatic nitrogens is 1. The molecule has 0 unspecified atom stereocenters. The number of aryl methyl sites for hydroxylation is 1. The van der Waals surface area contributed by atoms with Gasteiger partial charge in [0.2, 0.25) is 0 Å². The van der Waals surface area contributed by atoms with Crippen molar-refractivity contribution in [3.8, 4) is 0 Å². The molecular weight excluding hydrogens is 198 g/mol. The molecule has 0 fully saturated rings. The predicted octanol–water partition coefficient (Wildman–Crippen LogP) is 3.91. The Balaban J connectivity index is 2.71. The Kier molecular flexibility index (Phi) is 2.23. The van der Waals surface area contributed by atoms with Crippen LogP contribution in [0.15, 0.2) is 16.5 Å². The van der Waals surface area contributed by atoms with Crippen LogP contribution < -0.4 is 0 Å². The fraction of sp³-hybridized carbons (Fsp3) is 0.364. The smallest absolute Gasteiger partial charge is 0.192 e. The highest BCUT2D eigenvalue weighted by Crippen LogP contribution is 2.28. The van der Waals surface area contributed by atoms with E-state index in [0.717, 1.165) is 5.52 Å². The van der Waals surface area contributed by atoms with E-state index in [-0.39, 0.29) is 0 Å². The normalized spacial score (nSPS) is 11.5. The van der Waals surface area contributed by atoms with E-state index in [1.165, 1.54) is 5.56 Å². The zero-order chi connectivity index (χ0) is 10.3. The van der Waals surface area contributed by atoms with E-state index in [1.807, 2.05) is 19.1 Å². The van der Waals surface area contributed by atoms with Crippen LogP contribution in [-0.2, 0) is 0 Å². The largest absolute Gasteiger partial charge is 0.439 e. The third-order valence-electron chi connectivity index (χ3n) is 2.24. The second-order valence-electron chi connectivity index (χ2n) is 3.74. The molecule has 0 saturated carbocycles. The summed E-state index contributed by atoms with van der Waals surface area (Å²) < 4.78 is 5.39. The maximum atomic E-state index is 6.09. The van der Waals surface area contributed by atoms with Crippen molar-refractivity contribution >= 4 is 22.7 Å². The van der Waals surface area contributed by atoms with Gasteiger partial charge in [-0.25, -0.2) is 4.98 Å². The van der Waals surface area contributed by atoms with Crippen LogP contribution in [0.5, 0.6) is 0 Å². The molecule has 0 bridgehead atoms. The average molecular weight is 210 g/mol. The highest BCUT2D eigenvalue weighted by Gasteiger charge is 2.10. The molecule has 0 N–H and O–H groups in total. The van der Waals surface area contributed by atoms with E-state index in [0.29, 0.717) is 22.4 Å². The molecule has 0 aliphatic heterocycles. The molecule has 1 heterocycles. The second-order valence-corrected chi connectivity index (χ2v) is 4.15. The molecule has 74 valence electrons. The zero-order valence-corrected chi connectivity index (χ0v) is 9.22. The molecule has 0 aliphatic rings. The summed E-state index contributed by atoms with van der Waals surface area (Å²) in [5.41, 5.74) is 2.73. The highest BCUT2D eigenvalue weighted by atomic mass is 35.5. The maximum absolute atomic E-state index is 6.09. The van der Waals surface area contributed by atoms with Gasteiger partial charge in [-0.05, 0) is 23.6 Å². The summed E-state index contributed by atoms with van der Waals surface area (Å²) in [6.07, 6.45) is 0. The van der Waals surface area contributed by atoms with Crippen LogP contribution >= 0.6 is 11.6 Å². The number of hydrogen-bond donors (Lipinski definition) is 0. The molecule has 0 radical (unpaired) electrons.